The Morgan fingerprint density at radius 3 is 2.12 bits per heavy atom. The average Bonchev–Trinajstić information content (AvgIpc) is 2.49. The van der Waals surface area contributed by atoms with Crippen LogP contribution in [0.5, 0.6) is 17.2 Å². The van der Waals surface area contributed by atoms with Gasteiger partial charge in [0.15, 0.2) is 0 Å². The lowest BCUT2D eigenvalue weighted by atomic mass is 10.3. The van der Waals surface area contributed by atoms with Gasteiger partial charge in [0, 0.05) is 0 Å². The second-order valence-corrected chi connectivity index (χ2v) is 6.71. The maximum Gasteiger partial charge on any atom is 0.573 e. The van der Waals surface area contributed by atoms with E-state index in [1.807, 2.05) is 0 Å². The van der Waals surface area contributed by atoms with Gasteiger partial charge in [0.2, 0.25) is 10.0 Å². The molecule has 0 bridgehead atoms. The summed E-state index contributed by atoms with van der Waals surface area (Å²) in [7, 11) is -2.38. The van der Waals surface area contributed by atoms with E-state index in [0.717, 1.165) is 12.1 Å². The van der Waals surface area contributed by atoms with E-state index in [1.54, 1.807) is 0 Å². The molecule has 0 spiro atoms. The summed E-state index contributed by atoms with van der Waals surface area (Å²) in [5, 5.41) is 0.0296. The van der Waals surface area contributed by atoms with Crippen molar-refractivity contribution in [3.05, 3.63) is 47.5 Å². The van der Waals surface area contributed by atoms with Gasteiger partial charge in [-0.2, -0.15) is 0 Å². The van der Waals surface area contributed by atoms with Crippen molar-refractivity contribution >= 4 is 21.6 Å². The van der Waals surface area contributed by atoms with E-state index in [2.05, 4.69) is 9.46 Å². The first-order valence-corrected chi connectivity index (χ1v) is 8.23. The molecule has 0 aliphatic heterocycles. The van der Waals surface area contributed by atoms with Crippen LogP contribution >= 0.6 is 11.6 Å². The third-order valence-corrected chi connectivity index (χ3v) is 4.47. The zero-order valence-corrected chi connectivity index (χ0v) is 13.7. The van der Waals surface area contributed by atoms with Crippen LogP contribution in [0.1, 0.15) is 0 Å². The molecule has 0 unspecified atom stereocenters. The number of sulfonamides is 1. The van der Waals surface area contributed by atoms with Gasteiger partial charge < -0.3 is 9.47 Å². The number of ether oxygens (including phenoxy) is 2. The lowest BCUT2D eigenvalue weighted by Crippen LogP contribution is -2.18. The Hall–Kier alpha value is -1.97. The van der Waals surface area contributed by atoms with Gasteiger partial charge in [0.05, 0.1) is 9.92 Å². The van der Waals surface area contributed by atoms with Gasteiger partial charge >= 0.3 is 6.36 Å². The van der Waals surface area contributed by atoms with Crippen molar-refractivity contribution < 1.29 is 31.1 Å². The lowest BCUT2D eigenvalue weighted by Gasteiger charge is -2.11. The summed E-state index contributed by atoms with van der Waals surface area (Å²) >= 11 is 5.97. The van der Waals surface area contributed by atoms with Gasteiger partial charge in [0.25, 0.3) is 0 Å². The minimum absolute atomic E-state index is 0.0296. The Kier molecular flexibility index (Phi) is 5.26. The van der Waals surface area contributed by atoms with Crippen LogP contribution in [0, 0.1) is 0 Å². The molecule has 2 rings (SSSR count). The fraction of sp³-hybridized carbons (Fsp3) is 0.143. The fourth-order valence-electron chi connectivity index (χ4n) is 1.69. The summed E-state index contributed by atoms with van der Waals surface area (Å²) in [5.74, 6) is -0.0386. The highest BCUT2D eigenvalue weighted by atomic mass is 35.5. The van der Waals surface area contributed by atoms with E-state index in [9.17, 15) is 21.6 Å². The summed E-state index contributed by atoms with van der Waals surface area (Å²) in [4.78, 5) is -0.0451. The van der Waals surface area contributed by atoms with E-state index in [0.29, 0.717) is 0 Å². The van der Waals surface area contributed by atoms with E-state index >= 15 is 0 Å². The zero-order chi connectivity index (χ0) is 18.0. The highest BCUT2D eigenvalue weighted by Gasteiger charge is 2.31. The number of nitrogens with one attached hydrogen (secondary N) is 1. The van der Waals surface area contributed by atoms with Gasteiger partial charge in [-0.3, -0.25) is 0 Å². The lowest BCUT2D eigenvalue weighted by molar-refractivity contribution is -0.274. The first-order valence-electron chi connectivity index (χ1n) is 6.37. The number of rotatable bonds is 5. The predicted octanol–water partition coefficient (Wildman–Crippen LogP) is 3.94. The highest BCUT2D eigenvalue weighted by molar-refractivity contribution is 7.89. The van der Waals surface area contributed by atoms with Crippen molar-refractivity contribution in [1.29, 1.82) is 0 Å². The van der Waals surface area contributed by atoms with Gasteiger partial charge in [-0.05, 0) is 49.5 Å². The normalized spacial score (nSPS) is 12.0. The number of halogens is 4. The quantitative estimate of drug-likeness (QED) is 0.852. The fourth-order valence-corrected chi connectivity index (χ4v) is 2.73. The molecular formula is C14H11ClF3NO4S. The zero-order valence-electron chi connectivity index (χ0n) is 12.1. The molecule has 0 aliphatic rings. The first-order chi connectivity index (χ1) is 11.1. The number of alkyl halides is 3. The van der Waals surface area contributed by atoms with Gasteiger partial charge in [-0.25, -0.2) is 13.1 Å². The van der Waals surface area contributed by atoms with Crippen molar-refractivity contribution in [1.82, 2.24) is 4.72 Å². The molecule has 0 atom stereocenters. The summed E-state index contributed by atoms with van der Waals surface area (Å²) in [6.07, 6.45) is -4.78. The van der Waals surface area contributed by atoms with Crippen LogP contribution in [0.25, 0.3) is 0 Å². The molecule has 2 aromatic carbocycles. The smallest absolute Gasteiger partial charge is 0.456 e. The maximum absolute atomic E-state index is 12.1. The van der Waals surface area contributed by atoms with Crippen LogP contribution in [0.4, 0.5) is 13.2 Å². The second-order valence-electron chi connectivity index (χ2n) is 4.42. The Morgan fingerprint density at radius 2 is 1.62 bits per heavy atom. The summed E-state index contributed by atoms with van der Waals surface area (Å²) in [6.45, 7) is 0. The van der Waals surface area contributed by atoms with Crippen molar-refractivity contribution in [3.63, 3.8) is 0 Å². The Labute approximate surface area is 141 Å². The van der Waals surface area contributed by atoms with Gasteiger partial charge in [-0.15, -0.1) is 13.2 Å². The van der Waals surface area contributed by atoms with Crippen LogP contribution in [0.15, 0.2) is 47.4 Å². The summed E-state index contributed by atoms with van der Waals surface area (Å²) in [5.41, 5.74) is 0. The number of benzene rings is 2. The van der Waals surface area contributed by atoms with Crippen molar-refractivity contribution in [2.24, 2.45) is 0 Å². The molecule has 0 fully saturated rings. The number of hydrogen-bond acceptors (Lipinski definition) is 4. The number of hydrogen-bond donors (Lipinski definition) is 1. The topological polar surface area (TPSA) is 64.6 Å². The first kappa shape index (κ1) is 18.4. The molecule has 2 aromatic rings. The minimum Gasteiger partial charge on any atom is -0.456 e. The molecule has 5 nitrogen and oxygen atoms in total. The maximum atomic E-state index is 12.1. The molecule has 0 aliphatic carbocycles. The van der Waals surface area contributed by atoms with Crippen LogP contribution < -0.4 is 14.2 Å². The molecule has 0 radical (unpaired) electrons. The highest BCUT2D eigenvalue weighted by Crippen LogP contribution is 2.32. The summed E-state index contributed by atoms with van der Waals surface area (Å²) in [6, 6.07) is 8.50. The van der Waals surface area contributed by atoms with E-state index in [1.165, 1.54) is 37.4 Å². The van der Waals surface area contributed by atoms with E-state index in [4.69, 9.17) is 16.3 Å². The molecule has 0 saturated carbocycles. The Bertz CT molecular complexity index is 823. The molecule has 0 aromatic heterocycles. The van der Waals surface area contributed by atoms with Gasteiger partial charge in [-0.1, -0.05) is 11.6 Å². The molecule has 0 heterocycles. The third-order valence-electron chi connectivity index (χ3n) is 2.77. The molecule has 0 saturated heterocycles. The van der Waals surface area contributed by atoms with Gasteiger partial charge in [0.1, 0.15) is 17.2 Å². The third kappa shape index (κ3) is 4.76. The van der Waals surface area contributed by atoms with Crippen molar-refractivity contribution in [2.75, 3.05) is 7.05 Å². The molecule has 130 valence electrons. The van der Waals surface area contributed by atoms with Crippen molar-refractivity contribution in [3.8, 4) is 17.2 Å². The standard InChI is InChI=1S/C14H11ClF3NO4S/c1-19-24(20,21)11-6-7-13(12(15)8-11)22-9-2-4-10(5-3-9)23-14(16,17)18/h2-8,19H,1H3. The second kappa shape index (κ2) is 6.88. The van der Waals surface area contributed by atoms with Crippen LogP contribution in [0.3, 0.4) is 0 Å². The molecule has 10 heteroatoms. The monoisotopic (exact) mass is 381 g/mol. The molecule has 1 N–H and O–H groups in total. The summed E-state index contributed by atoms with van der Waals surface area (Å²) < 4.78 is 70.9. The van der Waals surface area contributed by atoms with E-state index < -0.39 is 22.1 Å². The Balaban J connectivity index is 2.17. The molecule has 0 amide bonds. The largest absolute Gasteiger partial charge is 0.573 e. The van der Waals surface area contributed by atoms with Crippen LogP contribution in [0.2, 0.25) is 5.02 Å². The SMILES string of the molecule is CNS(=O)(=O)c1ccc(Oc2ccc(OC(F)(F)F)cc2)c(Cl)c1. The van der Waals surface area contributed by atoms with Crippen LogP contribution in [-0.4, -0.2) is 21.8 Å². The Morgan fingerprint density at radius 1 is 1.04 bits per heavy atom. The average molecular weight is 382 g/mol. The minimum atomic E-state index is -4.78. The molecular weight excluding hydrogens is 371 g/mol. The van der Waals surface area contributed by atoms with Crippen molar-refractivity contribution in [2.45, 2.75) is 11.3 Å². The molecule has 24 heavy (non-hydrogen) atoms. The van der Waals surface area contributed by atoms with Crippen LogP contribution in [-0.2, 0) is 10.0 Å². The predicted molar refractivity (Wildman–Crippen MR) is 80.9 cm³/mol. The van der Waals surface area contributed by atoms with E-state index in [-0.39, 0.29) is 21.4 Å².